The molecule has 0 radical (unpaired) electrons. The number of halogens is 1. The molecule has 0 spiro atoms. The third-order valence-corrected chi connectivity index (χ3v) is 5.39. The van der Waals surface area contributed by atoms with Gasteiger partial charge in [0.1, 0.15) is 0 Å². The summed E-state index contributed by atoms with van der Waals surface area (Å²) in [6.45, 7) is 2.72. The average molecular weight is 265 g/mol. The van der Waals surface area contributed by atoms with Crippen molar-refractivity contribution in [1.82, 2.24) is 10.2 Å². The molecule has 2 unspecified atom stereocenters. The normalized spacial score (nSPS) is 50.4. The van der Waals surface area contributed by atoms with Crippen molar-refractivity contribution in [2.45, 2.75) is 29.0 Å². The maximum atomic E-state index is 3.67. The average Bonchev–Trinajstić information content (AvgIpc) is 2.79. The van der Waals surface area contributed by atoms with Crippen molar-refractivity contribution in [3.05, 3.63) is 0 Å². The summed E-state index contributed by atoms with van der Waals surface area (Å²) in [6, 6.07) is 1.72. The number of rotatable bonds is 1. The second-order valence-corrected chi connectivity index (χ2v) is 7.03. The minimum absolute atomic E-state index is 0.636. The van der Waals surface area contributed by atoms with E-state index >= 15 is 0 Å². The third kappa shape index (κ3) is 1.31. The van der Waals surface area contributed by atoms with Gasteiger partial charge in [0.2, 0.25) is 0 Å². The SMILES string of the molecule is C1CC2CN([C@@H]3C[I-]3)CC1N2. The molecular formula is C8H14IN2-. The van der Waals surface area contributed by atoms with Gasteiger partial charge in [0.25, 0.3) is 0 Å². The fourth-order valence-corrected chi connectivity index (χ4v) is 4.09. The number of hydrogen-bond donors (Lipinski definition) is 1. The van der Waals surface area contributed by atoms with Crippen LogP contribution in [0.5, 0.6) is 0 Å². The van der Waals surface area contributed by atoms with Crippen LogP contribution in [0.15, 0.2) is 0 Å². The second-order valence-electron chi connectivity index (χ2n) is 3.83. The van der Waals surface area contributed by atoms with Crippen LogP contribution in [0.4, 0.5) is 0 Å². The predicted octanol–water partition coefficient (Wildman–Crippen LogP) is -3.15. The summed E-state index contributed by atoms with van der Waals surface area (Å²) in [7, 11) is 0. The summed E-state index contributed by atoms with van der Waals surface area (Å²) in [5, 5.41) is 3.67. The van der Waals surface area contributed by atoms with E-state index in [0.29, 0.717) is 21.2 Å². The number of likely N-dealkylation sites (tertiary alicyclic amines) is 1. The van der Waals surface area contributed by atoms with Gasteiger partial charge in [-0.25, -0.2) is 0 Å². The first-order valence-corrected chi connectivity index (χ1v) is 7.27. The molecule has 64 valence electrons. The molecule has 2 nitrogen and oxygen atoms in total. The van der Waals surface area contributed by atoms with Gasteiger partial charge in [-0.2, -0.15) is 0 Å². The molecule has 3 atom stereocenters. The van der Waals surface area contributed by atoms with E-state index < -0.39 is 0 Å². The first-order chi connectivity index (χ1) is 5.42. The monoisotopic (exact) mass is 265 g/mol. The zero-order chi connectivity index (χ0) is 7.26. The summed E-state index contributed by atoms with van der Waals surface area (Å²) in [6.07, 6.45) is 2.87. The molecule has 0 aromatic heterocycles. The Morgan fingerprint density at radius 2 is 1.82 bits per heavy atom. The van der Waals surface area contributed by atoms with Gasteiger partial charge in [-0.3, -0.25) is 0 Å². The van der Waals surface area contributed by atoms with Crippen molar-refractivity contribution in [2.24, 2.45) is 0 Å². The molecule has 3 saturated heterocycles. The van der Waals surface area contributed by atoms with Gasteiger partial charge in [-0.05, 0) is 0 Å². The molecule has 2 bridgehead atoms. The van der Waals surface area contributed by atoms with Crippen LogP contribution in [0, 0.1) is 0 Å². The number of nitrogens with one attached hydrogen (secondary N) is 1. The minimum atomic E-state index is 0.636. The fraction of sp³-hybridized carbons (Fsp3) is 1.00. The number of fused-ring (bicyclic) bond motifs is 2. The Morgan fingerprint density at radius 1 is 1.18 bits per heavy atom. The van der Waals surface area contributed by atoms with Crippen molar-refractivity contribution < 1.29 is 21.2 Å². The Labute approximate surface area is 78.0 Å². The summed E-state index contributed by atoms with van der Waals surface area (Å²) >= 11 is 0.636. The molecule has 3 heterocycles. The standard InChI is InChI=1S/C8H14IN2/c1-2-7-5-11(8-3-9-8)4-6(1)10-7/h6-8,10H,1-5H2/q-1/t6?,7?,8-/m1/s1. The van der Waals surface area contributed by atoms with E-state index in [2.05, 4.69) is 10.2 Å². The number of hydrogen-bond acceptors (Lipinski definition) is 2. The molecule has 1 N–H and O–H groups in total. The van der Waals surface area contributed by atoms with E-state index in [1.54, 1.807) is 4.43 Å². The van der Waals surface area contributed by atoms with Crippen molar-refractivity contribution in [3.63, 3.8) is 0 Å². The van der Waals surface area contributed by atoms with E-state index in [0.717, 1.165) is 16.1 Å². The Kier molecular flexibility index (Phi) is 1.66. The van der Waals surface area contributed by atoms with Crippen LogP contribution in [0.2, 0.25) is 0 Å². The quantitative estimate of drug-likeness (QED) is 0.306. The van der Waals surface area contributed by atoms with E-state index in [1.165, 1.54) is 25.9 Å². The van der Waals surface area contributed by atoms with Crippen LogP contribution in [0.25, 0.3) is 0 Å². The Bertz CT molecular complexity index is 157. The van der Waals surface area contributed by atoms with E-state index in [-0.39, 0.29) is 0 Å². The second kappa shape index (κ2) is 2.57. The molecule has 0 aromatic carbocycles. The third-order valence-electron chi connectivity index (χ3n) is 2.93. The Hall–Kier alpha value is 0.650. The maximum absolute atomic E-state index is 3.67. The molecule has 3 rings (SSSR count). The van der Waals surface area contributed by atoms with Crippen LogP contribution in [0.1, 0.15) is 12.8 Å². The predicted molar refractivity (Wildman–Crippen MR) is 40.2 cm³/mol. The number of nitrogens with zero attached hydrogens (tertiary/aromatic N) is 1. The molecule has 3 fully saturated rings. The van der Waals surface area contributed by atoms with Gasteiger partial charge < -0.3 is 0 Å². The van der Waals surface area contributed by atoms with E-state index in [9.17, 15) is 0 Å². The van der Waals surface area contributed by atoms with Crippen molar-refractivity contribution in [3.8, 4) is 0 Å². The summed E-state index contributed by atoms with van der Waals surface area (Å²) < 4.78 is 2.68. The number of alkyl halides is 2. The first-order valence-electron chi connectivity index (χ1n) is 4.49. The van der Waals surface area contributed by atoms with Crippen LogP contribution in [0.3, 0.4) is 0 Å². The van der Waals surface area contributed by atoms with Gasteiger partial charge in [0.05, 0.1) is 0 Å². The van der Waals surface area contributed by atoms with Crippen molar-refractivity contribution >= 4 is 0 Å². The summed E-state index contributed by atoms with van der Waals surface area (Å²) in [5.74, 6) is 0. The molecule has 3 heteroatoms. The zero-order valence-electron chi connectivity index (χ0n) is 6.59. The van der Waals surface area contributed by atoms with E-state index in [4.69, 9.17) is 0 Å². The van der Waals surface area contributed by atoms with Crippen LogP contribution >= 0.6 is 0 Å². The molecule has 0 amide bonds. The van der Waals surface area contributed by atoms with Crippen LogP contribution < -0.4 is 26.5 Å². The van der Waals surface area contributed by atoms with Gasteiger partial charge in [0.15, 0.2) is 0 Å². The van der Waals surface area contributed by atoms with E-state index in [1.807, 2.05) is 0 Å². The van der Waals surface area contributed by atoms with Crippen molar-refractivity contribution in [2.75, 3.05) is 17.5 Å². The topological polar surface area (TPSA) is 15.3 Å². The van der Waals surface area contributed by atoms with Gasteiger partial charge in [0, 0.05) is 0 Å². The molecule has 3 aliphatic heterocycles. The molecular weight excluding hydrogens is 251 g/mol. The molecule has 0 aromatic rings. The summed E-state index contributed by atoms with van der Waals surface area (Å²) in [4.78, 5) is 2.76. The Balaban J connectivity index is 1.70. The van der Waals surface area contributed by atoms with Crippen molar-refractivity contribution in [1.29, 1.82) is 0 Å². The van der Waals surface area contributed by atoms with Gasteiger partial charge >= 0.3 is 77.9 Å². The number of piperazine rings is 1. The molecule has 11 heavy (non-hydrogen) atoms. The molecule has 0 aliphatic carbocycles. The zero-order valence-corrected chi connectivity index (χ0v) is 8.75. The molecule has 0 saturated carbocycles. The van der Waals surface area contributed by atoms with Gasteiger partial charge in [-0.1, -0.05) is 0 Å². The van der Waals surface area contributed by atoms with Gasteiger partial charge in [-0.15, -0.1) is 0 Å². The molecule has 3 aliphatic rings. The summed E-state index contributed by atoms with van der Waals surface area (Å²) in [5.41, 5.74) is 0. The first kappa shape index (κ1) is 7.09. The fourth-order valence-electron chi connectivity index (χ4n) is 2.29. The van der Waals surface area contributed by atoms with Crippen LogP contribution in [-0.2, 0) is 0 Å². The Morgan fingerprint density at radius 3 is 2.36 bits per heavy atom. The van der Waals surface area contributed by atoms with Crippen LogP contribution in [-0.4, -0.2) is 38.5 Å².